The highest BCUT2D eigenvalue weighted by molar-refractivity contribution is 9.10. The molecule has 0 bridgehead atoms. The number of aryl methyl sites for hydroxylation is 1. The van der Waals surface area contributed by atoms with Gasteiger partial charge in [0.1, 0.15) is 18.1 Å². The summed E-state index contributed by atoms with van der Waals surface area (Å²) in [6.07, 6.45) is 0. The molecule has 7 heteroatoms. The lowest BCUT2D eigenvalue weighted by atomic mass is 10.1. The number of benzene rings is 2. The maximum Gasteiger partial charge on any atom is 0.276 e. The van der Waals surface area contributed by atoms with Crippen molar-refractivity contribution in [2.45, 2.75) is 20.1 Å². The van der Waals surface area contributed by atoms with Crippen molar-refractivity contribution in [3.8, 4) is 5.75 Å². The van der Waals surface area contributed by atoms with E-state index in [9.17, 15) is 4.79 Å². The van der Waals surface area contributed by atoms with Gasteiger partial charge in [-0.3, -0.25) is 9.69 Å². The van der Waals surface area contributed by atoms with Crippen LogP contribution in [0.2, 0.25) is 0 Å². The molecule has 1 aliphatic heterocycles. The van der Waals surface area contributed by atoms with E-state index >= 15 is 0 Å². The average molecular weight is 470 g/mol. The van der Waals surface area contributed by atoms with Gasteiger partial charge in [-0.2, -0.15) is 0 Å². The molecule has 30 heavy (non-hydrogen) atoms. The maximum absolute atomic E-state index is 13.1. The molecule has 2 heterocycles. The largest absolute Gasteiger partial charge is 0.489 e. The lowest BCUT2D eigenvalue weighted by molar-refractivity contribution is 0.0616. The predicted molar refractivity (Wildman–Crippen MR) is 117 cm³/mol. The van der Waals surface area contributed by atoms with Crippen LogP contribution in [0.25, 0.3) is 0 Å². The Labute approximate surface area is 184 Å². The third kappa shape index (κ3) is 4.91. The fraction of sp³-hybridized carbons (Fsp3) is 0.304. The third-order valence-corrected chi connectivity index (χ3v) is 5.76. The number of nitrogens with zero attached hydrogens (tertiary/aromatic N) is 3. The van der Waals surface area contributed by atoms with Crippen molar-refractivity contribution in [3.05, 3.63) is 81.7 Å². The molecule has 3 aromatic rings. The Hall–Kier alpha value is -2.64. The molecule has 1 fully saturated rings. The SMILES string of the molecule is Cc1onc(C(=O)N2CCN(Cc3cccc(Br)c3)CC2)c1COc1ccccc1. The first-order valence-electron chi connectivity index (χ1n) is 9.99. The quantitative estimate of drug-likeness (QED) is 0.538. The Balaban J connectivity index is 1.36. The highest BCUT2D eigenvalue weighted by atomic mass is 79.9. The summed E-state index contributed by atoms with van der Waals surface area (Å²) in [5.41, 5.74) is 2.32. The Bertz CT molecular complexity index is 998. The predicted octanol–water partition coefficient (Wildman–Crippen LogP) is 4.28. The van der Waals surface area contributed by atoms with Crippen molar-refractivity contribution >= 4 is 21.8 Å². The standard InChI is InChI=1S/C23H24BrN3O3/c1-17-21(16-29-20-8-3-2-4-9-20)22(25-30-17)23(28)27-12-10-26(11-13-27)15-18-6-5-7-19(24)14-18/h2-9,14H,10-13,15-16H2,1H3. The first-order chi connectivity index (χ1) is 14.6. The van der Waals surface area contributed by atoms with E-state index in [0.717, 1.165) is 29.9 Å². The number of aromatic nitrogens is 1. The molecule has 0 spiro atoms. The summed E-state index contributed by atoms with van der Waals surface area (Å²) in [5.74, 6) is 1.26. The van der Waals surface area contributed by atoms with Crippen molar-refractivity contribution in [1.29, 1.82) is 0 Å². The molecule has 2 aromatic carbocycles. The maximum atomic E-state index is 13.1. The number of hydrogen-bond acceptors (Lipinski definition) is 5. The fourth-order valence-corrected chi connectivity index (χ4v) is 4.00. The number of rotatable bonds is 6. The molecular formula is C23H24BrN3O3. The second kappa shape index (κ2) is 9.45. The van der Waals surface area contributed by atoms with E-state index in [1.54, 1.807) is 0 Å². The van der Waals surface area contributed by atoms with Crippen molar-refractivity contribution in [2.24, 2.45) is 0 Å². The molecule has 1 amide bonds. The molecule has 0 unspecified atom stereocenters. The number of amides is 1. The van der Waals surface area contributed by atoms with E-state index in [2.05, 4.69) is 38.1 Å². The van der Waals surface area contributed by atoms with E-state index < -0.39 is 0 Å². The first-order valence-corrected chi connectivity index (χ1v) is 10.8. The number of halogens is 1. The molecule has 0 radical (unpaired) electrons. The van der Waals surface area contributed by atoms with Crippen LogP contribution in [0.5, 0.6) is 5.75 Å². The molecule has 0 atom stereocenters. The van der Waals surface area contributed by atoms with Gasteiger partial charge in [-0.1, -0.05) is 51.4 Å². The third-order valence-electron chi connectivity index (χ3n) is 5.27. The smallest absolute Gasteiger partial charge is 0.276 e. The van der Waals surface area contributed by atoms with Crippen molar-refractivity contribution < 1.29 is 14.1 Å². The minimum atomic E-state index is -0.0967. The van der Waals surface area contributed by atoms with Crippen LogP contribution in [0.4, 0.5) is 0 Å². The van der Waals surface area contributed by atoms with Gasteiger partial charge in [-0.25, -0.2) is 0 Å². The zero-order valence-electron chi connectivity index (χ0n) is 16.9. The van der Waals surface area contributed by atoms with Crippen molar-refractivity contribution in [1.82, 2.24) is 15.0 Å². The van der Waals surface area contributed by atoms with Gasteiger partial charge in [0.05, 0.1) is 5.56 Å². The number of piperazine rings is 1. The second-order valence-corrected chi connectivity index (χ2v) is 8.28. The highest BCUT2D eigenvalue weighted by Crippen LogP contribution is 2.20. The molecule has 0 N–H and O–H groups in total. The van der Waals surface area contributed by atoms with Crippen LogP contribution in [-0.4, -0.2) is 47.0 Å². The minimum Gasteiger partial charge on any atom is -0.489 e. The van der Waals surface area contributed by atoms with Crippen LogP contribution in [0.15, 0.2) is 63.6 Å². The summed E-state index contributed by atoms with van der Waals surface area (Å²) in [6, 6.07) is 17.9. The summed E-state index contributed by atoms with van der Waals surface area (Å²) in [6.45, 7) is 5.92. The molecule has 0 aliphatic carbocycles. The second-order valence-electron chi connectivity index (χ2n) is 7.37. The average Bonchev–Trinajstić information content (AvgIpc) is 3.13. The van der Waals surface area contributed by atoms with E-state index in [1.807, 2.05) is 54.3 Å². The van der Waals surface area contributed by atoms with Gasteiger partial charge in [0.15, 0.2) is 5.69 Å². The van der Waals surface area contributed by atoms with Crippen LogP contribution in [0.3, 0.4) is 0 Å². The van der Waals surface area contributed by atoms with Gasteiger partial charge >= 0.3 is 0 Å². The summed E-state index contributed by atoms with van der Waals surface area (Å²) in [5, 5.41) is 4.03. The lowest BCUT2D eigenvalue weighted by Crippen LogP contribution is -2.48. The van der Waals surface area contributed by atoms with Crippen LogP contribution in [0, 0.1) is 6.92 Å². The number of hydrogen-bond donors (Lipinski definition) is 0. The number of carbonyl (C=O) groups is 1. The summed E-state index contributed by atoms with van der Waals surface area (Å²) >= 11 is 3.52. The minimum absolute atomic E-state index is 0.0967. The van der Waals surface area contributed by atoms with Crippen LogP contribution >= 0.6 is 15.9 Å². The Morgan fingerprint density at radius 1 is 1.10 bits per heavy atom. The first kappa shape index (κ1) is 20.6. The molecule has 4 rings (SSSR count). The fourth-order valence-electron chi connectivity index (χ4n) is 3.55. The summed E-state index contributed by atoms with van der Waals surface area (Å²) in [4.78, 5) is 17.3. The van der Waals surface area contributed by atoms with Crippen LogP contribution in [-0.2, 0) is 13.2 Å². The molecular weight excluding hydrogens is 446 g/mol. The van der Waals surface area contributed by atoms with E-state index in [1.165, 1.54) is 5.56 Å². The molecule has 1 saturated heterocycles. The topological polar surface area (TPSA) is 58.8 Å². The van der Waals surface area contributed by atoms with Gasteiger partial charge in [0.2, 0.25) is 0 Å². The monoisotopic (exact) mass is 469 g/mol. The van der Waals surface area contributed by atoms with E-state index in [4.69, 9.17) is 9.26 Å². The number of ether oxygens (including phenoxy) is 1. The number of para-hydroxylation sites is 1. The van der Waals surface area contributed by atoms with E-state index in [0.29, 0.717) is 30.1 Å². The zero-order valence-corrected chi connectivity index (χ0v) is 18.5. The lowest BCUT2D eigenvalue weighted by Gasteiger charge is -2.34. The zero-order chi connectivity index (χ0) is 20.9. The summed E-state index contributed by atoms with van der Waals surface area (Å²) in [7, 11) is 0. The number of carbonyl (C=O) groups excluding carboxylic acids is 1. The highest BCUT2D eigenvalue weighted by Gasteiger charge is 2.28. The van der Waals surface area contributed by atoms with Gasteiger partial charge in [-0.05, 0) is 36.8 Å². The Morgan fingerprint density at radius 2 is 1.87 bits per heavy atom. The van der Waals surface area contributed by atoms with Crippen molar-refractivity contribution in [2.75, 3.05) is 26.2 Å². The molecule has 1 aliphatic rings. The normalized spacial score (nSPS) is 14.7. The summed E-state index contributed by atoms with van der Waals surface area (Å²) < 4.78 is 12.2. The molecule has 1 aromatic heterocycles. The van der Waals surface area contributed by atoms with E-state index in [-0.39, 0.29) is 12.5 Å². The Kier molecular flexibility index (Phi) is 6.50. The molecule has 6 nitrogen and oxygen atoms in total. The van der Waals surface area contributed by atoms with Gasteiger partial charge in [0, 0.05) is 37.2 Å². The Morgan fingerprint density at radius 3 is 2.60 bits per heavy atom. The molecule has 156 valence electrons. The van der Waals surface area contributed by atoms with Crippen molar-refractivity contribution in [3.63, 3.8) is 0 Å². The van der Waals surface area contributed by atoms with Crippen LogP contribution < -0.4 is 4.74 Å². The van der Waals surface area contributed by atoms with Gasteiger partial charge in [0.25, 0.3) is 5.91 Å². The van der Waals surface area contributed by atoms with Gasteiger partial charge < -0.3 is 14.2 Å². The van der Waals surface area contributed by atoms with Gasteiger partial charge in [-0.15, -0.1) is 0 Å². The van der Waals surface area contributed by atoms with Crippen LogP contribution in [0.1, 0.15) is 27.4 Å². The molecule has 0 saturated carbocycles.